The Kier molecular flexibility index (Phi) is 4.98. The van der Waals surface area contributed by atoms with E-state index >= 15 is 0 Å². The maximum Gasteiger partial charge on any atom is 0.291 e. The van der Waals surface area contributed by atoms with Crippen LogP contribution in [0.2, 0.25) is 0 Å². The molecule has 0 radical (unpaired) electrons. The number of nitrogens with two attached hydrogens (primary N) is 1. The van der Waals surface area contributed by atoms with E-state index in [1.165, 1.54) is 6.42 Å². The Morgan fingerprint density at radius 3 is 2.60 bits per heavy atom. The zero-order valence-corrected chi connectivity index (χ0v) is 11.9. The predicted octanol–water partition coefficient (Wildman–Crippen LogP) is 2.71. The van der Waals surface area contributed by atoms with Gasteiger partial charge in [0, 0.05) is 6.42 Å². The van der Waals surface area contributed by atoms with Crippen molar-refractivity contribution < 1.29 is 13.6 Å². The van der Waals surface area contributed by atoms with Gasteiger partial charge in [-0.05, 0) is 24.8 Å². The standard InChI is InChI=1S/C12H18F2N4OS/c13-9(14)10-17-18-11(20-10)16-8(19)6-12(7-15)4-2-1-3-5-12/h9H,1-7,15H2,(H,16,18,19). The van der Waals surface area contributed by atoms with Crippen LogP contribution in [0.15, 0.2) is 0 Å². The maximum absolute atomic E-state index is 12.4. The van der Waals surface area contributed by atoms with Crippen LogP contribution < -0.4 is 11.1 Å². The fraction of sp³-hybridized carbons (Fsp3) is 0.750. The number of hydrogen-bond acceptors (Lipinski definition) is 5. The average Bonchev–Trinajstić information content (AvgIpc) is 2.88. The van der Waals surface area contributed by atoms with Gasteiger partial charge < -0.3 is 11.1 Å². The van der Waals surface area contributed by atoms with E-state index in [1.54, 1.807) is 0 Å². The molecule has 8 heteroatoms. The average molecular weight is 304 g/mol. The second kappa shape index (κ2) is 6.53. The van der Waals surface area contributed by atoms with Crippen molar-refractivity contribution in [2.75, 3.05) is 11.9 Å². The Morgan fingerprint density at radius 2 is 2.05 bits per heavy atom. The quantitative estimate of drug-likeness (QED) is 0.876. The number of amides is 1. The molecule has 0 aliphatic heterocycles. The third-order valence-electron chi connectivity index (χ3n) is 3.76. The largest absolute Gasteiger partial charge is 0.330 e. The van der Waals surface area contributed by atoms with Crippen LogP contribution in [0, 0.1) is 5.41 Å². The Labute approximate surface area is 120 Å². The normalized spacial score (nSPS) is 18.2. The van der Waals surface area contributed by atoms with Gasteiger partial charge in [-0.3, -0.25) is 4.79 Å². The summed E-state index contributed by atoms with van der Waals surface area (Å²) in [6.45, 7) is 0.471. The summed E-state index contributed by atoms with van der Waals surface area (Å²) < 4.78 is 24.8. The van der Waals surface area contributed by atoms with Crippen molar-refractivity contribution in [1.29, 1.82) is 0 Å². The number of aromatic nitrogens is 2. The second-order valence-corrected chi connectivity index (χ2v) is 6.24. The van der Waals surface area contributed by atoms with E-state index in [-0.39, 0.29) is 21.5 Å². The van der Waals surface area contributed by atoms with Crippen LogP contribution in [0.3, 0.4) is 0 Å². The third kappa shape index (κ3) is 3.69. The fourth-order valence-corrected chi connectivity index (χ4v) is 3.25. The summed E-state index contributed by atoms with van der Waals surface area (Å²) in [6.07, 6.45) is 2.87. The molecule has 2 rings (SSSR count). The van der Waals surface area contributed by atoms with E-state index in [2.05, 4.69) is 15.5 Å². The van der Waals surface area contributed by atoms with Gasteiger partial charge in [-0.2, -0.15) is 0 Å². The summed E-state index contributed by atoms with van der Waals surface area (Å²) in [4.78, 5) is 12.0. The van der Waals surface area contributed by atoms with Crippen molar-refractivity contribution in [3.05, 3.63) is 5.01 Å². The number of carbonyl (C=O) groups excluding carboxylic acids is 1. The molecule has 3 N–H and O–H groups in total. The minimum Gasteiger partial charge on any atom is -0.330 e. The highest BCUT2D eigenvalue weighted by Gasteiger charge is 2.33. The summed E-state index contributed by atoms with van der Waals surface area (Å²) in [5.41, 5.74) is 5.67. The SMILES string of the molecule is NCC1(CC(=O)Nc2nnc(C(F)F)s2)CCCCC1. The maximum atomic E-state index is 12.4. The molecule has 1 saturated carbocycles. The Balaban J connectivity index is 1.93. The van der Waals surface area contributed by atoms with Crippen LogP contribution in [-0.2, 0) is 4.79 Å². The first-order chi connectivity index (χ1) is 9.54. The highest BCUT2D eigenvalue weighted by atomic mass is 32.1. The second-order valence-electron chi connectivity index (χ2n) is 5.24. The lowest BCUT2D eigenvalue weighted by Crippen LogP contribution is -2.36. The van der Waals surface area contributed by atoms with Gasteiger partial charge in [0.05, 0.1) is 0 Å². The van der Waals surface area contributed by atoms with Crippen molar-refractivity contribution in [3.63, 3.8) is 0 Å². The molecule has 0 saturated heterocycles. The van der Waals surface area contributed by atoms with E-state index in [4.69, 9.17) is 5.73 Å². The lowest BCUT2D eigenvalue weighted by Gasteiger charge is -2.35. The number of nitrogens with zero attached hydrogens (tertiary/aromatic N) is 2. The zero-order chi connectivity index (χ0) is 14.6. The molecule has 0 atom stereocenters. The first kappa shape index (κ1) is 15.2. The molecule has 1 aromatic rings. The first-order valence-electron chi connectivity index (χ1n) is 6.66. The highest BCUT2D eigenvalue weighted by molar-refractivity contribution is 7.15. The first-order valence-corrected chi connectivity index (χ1v) is 7.48. The molecule has 0 unspecified atom stereocenters. The van der Waals surface area contributed by atoms with Crippen molar-refractivity contribution in [3.8, 4) is 0 Å². The molecule has 1 aromatic heterocycles. The predicted molar refractivity (Wildman–Crippen MR) is 72.7 cm³/mol. The van der Waals surface area contributed by atoms with Gasteiger partial charge in [-0.1, -0.05) is 30.6 Å². The lowest BCUT2D eigenvalue weighted by molar-refractivity contribution is -0.118. The number of alkyl halides is 2. The van der Waals surface area contributed by atoms with Crippen molar-refractivity contribution in [2.24, 2.45) is 11.1 Å². The van der Waals surface area contributed by atoms with Crippen LogP contribution in [0.4, 0.5) is 13.9 Å². The van der Waals surface area contributed by atoms with E-state index < -0.39 is 6.43 Å². The molecule has 0 aromatic carbocycles. The van der Waals surface area contributed by atoms with Crippen molar-refractivity contribution in [2.45, 2.75) is 45.0 Å². The molecular formula is C12H18F2N4OS. The molecule has 1 aliphatic rings. The topological polar surface area (TPSA) is 80.9 Å². The van der Waals surface area contributed by atoms with Crippen LogP contribution >= 0.6 is 11.3 Å². The number of anilines is 1. The molecule has 20 heavy (non-hydrogen) atoms. The molecule has 1 fully saturated rings. The zero-order valence-electron chi connectivity index (χ0n) is 11.1. The van der Waals surface area contributed by atoms with Crippen LogP contribution in [0.1, 0.15) is 50.0 Å². The molecule has 0 spiro atoms. The highest BCUT2D eigenvalue weighted by Crippen LogP contribution is 2.38. The van der Waals surface area contributed by atoms with Gasteiger partial charge in [-0.25, -0.2) is 8.78 Å². The minimum absolute atomic E-state index is 0.119. The van der Waals surface area contributed by atoms with E-state index in [1.807, 2.05) is 0 Å². The van der Waals surface area contributed by atoms with E-state index in [0.717, 1.165) is 25.7 Å². The summed E-state index contributed by atoms with van der Waals surface area (Å²) in [5.74, 6) is -0.227. The van der Waals surface area contributed by atoms with Crippen LogP contribution in [-0.4, -0.2) is 22.6 Å². The Bertz CT molecular complexity index is 460. The molecule has 0 bridgehead atoms. The molecule has 1 amide bonds. The van der Waals surface area contributed by atoms with E-state index in [9.17, 15) is 13.6 Å². The van der Waals surface area contributed by atoms with Gasteiger partial charge >= 0.3 is 0 Å². The van der Waals surface area contributed by atoms with Gasteiger partial charge in [-0.15, -0.1) is 10.2 Å². The van der Waals surface area contributed by atoms with E-state index in [0.29, 0.717) is 24.3 Å². The summed E-state index contributed by atoms with van der Waals surface area (Å²) in [7, 11) is 0. The monoisotopic (exact) mass is 304 g/mol. The number of halogens is 2. The van der Waals surface area contributed by atoms with Gasteiger partial charge in [0.2, 0.25) is 11.0 Å². The summed E-state index contributed by atoms with van der Waals surface area (Å²) in [5, 5.41) is 9.15. The number of carbonyl (C=O) groups is 1. The molecule has 1 heterocycles. The summed E-state index contributed by atoms with van der Waals surface area (Å²) >= 11 is 0.702. The van der Waals surface area contributed by atoms with Gasteiger partial charge in [0.25, 0.3) is 6.43 Å². The van der Waals surface area contributed by atoms with Crippen LogP contribution in [0.25, 0.3) is 0 Å². The number of hydrogen-bond donors (Lipinski definition) is 2. The Morgan fingerprint density at radius 1 is 1.35 bits per heavy atom. The molecule has 112 valence electrons. The van der Waals surface area contributed by atoms with Gasteiger partial charge in [0.1, 0.15) is 0 Å². The summed E-state index contributed by atoms with van der Waals surface area (Å²) in [6, 6.07) is 0. The van der Waals surface area contributed by atoms with Crippen LogP contribution in [0.5, 0.6) is 0 Å². The van der Waals surface area contributed by atoms with Crippen molar-refractivity contribution in [1.82, 2.24) is 10.2 Å². The van der Waals surface area contributed by atoms with Crippen molar-refractivity contribution >= 4 is 22.4 Å². The smallest absolute Gasteiger partial charge is 0.291 e. The Hall–Kier alpha value is -1.15. The molecule has 5 nitrogen and oxygen atoms in total. The minimum atomic E-state index is -2.66. The third-order valence-corrected chi connectivity index (χ3v) is 4.60. The molecular weight excluding hydrogens is 286 g/mol. The molecule has 1 aliphatic carbocycles. The lowest BCUT2D eigenvalue weighted by atomic mass is 9.72. The number of rotatable bonds is 5. The fourth-order valence-electron chi connectivity index (χ4n) is 2.63. The van der Waals surface area contributed by atoms with Gasteiger partial charge in [0.15, 0.2) is 5.01 Å². The number of nitrogens with one attached hydrogen (secondary N) is 1.